The normalized spacial score (nSPS) is 12.0. The van der Waals surface area contributed by atoms with Gasteiger partial charge in [0.2, 0.25) is 0 Å². The maximum Gasteiger partial charge on any atom is 0.171 e. The minimum absolute atomic E-state index is 0.204. The van der Waals surface area contributed by atoms with Crippen molar-refractivity contribution in [3.8, 4) is 0 Å². The Hall–Kier alpha value is -1.87. The number of hydrogen-bond acceptors (Lipinski definition) is 1. The number of rotatable bonds is 4. The smallest absolute Gasteiger partial charge is 0.171 e. The van der Waals surface area contributed by atoms with E-state index in [-0.39, 0.29) is 6.04 Å². The predicted molar refractivity (Wildman–Crippen MR) is 94.6 cm³/mol. The first-order valence-electron chi connectivity index (χ1n) is 7.26. The van der Waals surface area contributed by atoms with Crippen molar-refractivity contribution < 1.29 is 0 Å². The third-order valence-corrected chi connectivity index (χ3v) is 3.73. The van der Waals surface area contributed by atoms with Gasteiger partial charge in [-0.1, -0.05) is 56.3 Å². The van der Waals surface area contributed by atoms with Crippen molar-refractivity contribution in [2.45, 2.75) is 26.8 Å². The fraction of sp³-hybridized carbons (Fsp3) is 0.278. The van der Waals surface area contributed by atoms with Gasteiger partial charge in [0.25, 0.3) is 0 Å². The Kier molecular flexibility index (Phi) is 5.34. The zero-order valence-corrected chi connectivity index (χ0v) is 13.6. The average molecular weight is 298 g/mol. The fourth-order valence-electron chi connectivity index (χ4n) is 2.37. The topological polar surface area (TPSA) is 24.1 Å². The van der Waals surface area contributed by atoms with Crippen LogP contribution in [0.15, 0.2) is 54.6 Å². The first-order valence-corrected chi connectivity index (χ1v) is 7.67. The molecule has 21 heavy (non-hydrogen) atoms. The van der Waals surface area contributed by atoms with E-state index in [2.05, 4.69) is 55.7 Å². The van der Waals surface area contributed by atoms with Crippen LogP contribution in [0.3, 0.4) is 0 Å². The highest BCUT2D eigenvalue weighted by Crippen LogP contribution is 2.24. The van der Waals surface area contributed by atoms with E-state index < -0.39 is 0 Å². The molecule has 0 fully saturated rings. The molecule has 0 radical (unpaired) electrons. The molecule has 0 spiro atoms. The summed E-state index contributed by atoms with van der Waals surface area (Å²) in [5, 5.41) is 7.33. The van der Waals surface area contributed by atoms with Crippen LogP contribution in [-0.2, 0) is 0 Å². The molecule has 1 atom stereocenters. The second kappa shape index (κ2) is 7.23. The van der Waals surface area contributed by atoms with Crippen molar-refractivity contribution in [2.24, 2.45) is 5.92 Å². The summed E-state index contributed by atoms with van der Waals surface area (Å²) < 4.78 is 0. The maximum absolute atomic E-state index is 5.45. The van der Waals surface area contributed by atoms with Crippen LogP contribution in [0, 0.1) is 12.8 Å². The Morgan fingerprint density at radius 3 is 2.19 bits per heavy atom. The molecule has 2 nitrogen and oxygen atoms in total. The van der Waals surface area contributed by atoms with E-state index >= 15 is 0 Å². The molecule has 2 N–H and O–H groups in total. The molecule has 0 bridgehead atoms. The molecule has 0 aliphatic carbocycles. The lowest BCUT2D eigenvalue weighted by Crippen LogP contribution is -2.35. The Morgan fingerprint density at radius 1 is 0.952 bits per heavy atom. The minimum atomic E-state index is 0.204. The second-order valence-electron chi connectivity index (χ2n) is 5.54. The summed E-state index contributed by atoms with van der Waals surface area (Å²) in [6.07, 6.45) is 0. The number of hydrogen-bond donors (Lipinski definition) is 2. The molecule has 2 rings (SSSR count). The molecule has 0 aliphatic rings. The summed E-state index contributed by atoms with van der Waals surface area (Å²) in [5.41, 5.74) is 3.58. The van der Waals surface area contributed by atoms with Gasteiger partial charge in [-0.05, 0) is 48.3 Å². The van der Waals surface area contributed by atoms with Crippen molar-refractivity contribution in [3.05, 3.63) is 65.7 Å². The molecule has 0 saturated carbocycles. The quantitative estimate of drug-likeness (QED) is 0.802. The number of anilines is 1. The molecule has 0 aromatic heterocycles. The minimum Gasteiger partial charge on any atom is -0.355 e. The maximum atomic E-state index is 5.45. The van der Waals surface area contributed by atoms with Gasteiger partial charge in [-0.2, -0.15) is 0 Å². The molecular weight excluding hydrogens is 276 g/mol. The third kappa shape index (κ3) is 4.30. The van der Waals surface area contributed by atoms with Gasteiger partial charge in [0.05, 0.1) is 6.04 Å². The van der Waals surface area contributed by atoms with Gasteiger partial charge in [-0.25, -0.2) is 0 Å². The predicted octanol–water partition coefficient (Wildman–Crippen LogP) is 4.68. The molecule has 2 aromatic carbocycles. The van der Waals surface area contributed by atoms with E-state index in [0.717, 1.165) is 5.69 Å². The van der Waals surface area contributed by atoms with E-state index in [9.17, 15) is 0 Å². The monoisotopic (exact) mass is 298 g/mol. The van der Waals surface area contributed by atoms with Crippen LogP contribution >= 0.6 is 12.2 Å². The third-order valence-electron chi connectivity index (χ3n) is 3.51. The molecule has 2 aromatic rings. The molecule has 110 valence electrons. The number of nitrogens with one attached hydrogen (secondary N) is 2. The first-order chi connectivity index (χ1) is 10.1. The Morgan fingerprint density at radius 2 is 1.57 bits per heavy atom. The summed E-state index contributed by atoms with van der Waals surface area (Å²) in [6, 6.07) is 18.6. The summed E-state index contributed by atoms with van der Waals surface area (Å²) >= 11 is 5.45. The van der Waals surface area contributed by atoms with Crippen molar-refractivity contribution >= 4 is 23.0 Å². The molecular formula is C18H22N2S. The van der Waals surface area contributed by atoms with Crippen molar-refractivity contribution in [2.75, 3.05) is 5.32 Å². The number of thiocarbonyl (C=S) groups is 1. The van der Waals surface area contributed by atoms with Crippen LogP contribution in [0.1, 0.15) is 31.0 Å². The Bertz CT molecular complexity index is 593. The highest BCUT2D eigenvalue weighted by atomic mass is 32.1. The summed E-state index contributed by atoms with van der Waals surface area (Å²) in [5.74, 6) is 0.446. The average Bonchev–Trinajstić information content (AvgIpc) is 2.46. The molecule has 3 heteroatoms. The second-order valence-corrected chi connectivity index (χ2v) is 5.95. The van der Waals surface area contributed by atoms with E-state index in [1.807, 2.05) is 30.3 Å². The van der Waals surface area contributed by atoms with Crippen LogP contribution in [0.4, 0.5) is 5.69 Å². The molecule has 0 aliphatic heterocycles. The zero-order valence-electron chi connectivity index (χ0n) is 12.8. The van der Waals surface area contributed by atoms with Crippen LogP contribution in [0.5, 0.6) is 0 Å². The van der Waals surface area contributed by atoms with E-state index in [0.29, 0.717) is 11.0 Å². The molecule has 0 unspecified atom stereocenters. The van der Waals surface area contributed by atoms with Crippen molar-refractivity contribution in [3.63, 3.8) is 0 Å². The highest BCUT2D eigenvalue weighted by Gasteiger charge is 2.18. The van der Waals surface area contributed by atoms with E-state index in [4.69, 9.17) is 12.2 Å². The van der Waals surface area contributed by atoms with Crippen molar-refractivity contribution in [1.29, 1.82) is 0 Å². The summed E-state index contributed by atoms with van der Waals surface area (Å²) in [6.45, 7) is 6.55. The largest absolute Gasteiger partial charge is 0.355 e. The lowest BCUT2D eigenvalue weighted by Gasteiger charge is -2.26. The van der Waals surface area contributed by atoms with Crippen LogP contribution in [0.25, 0.3) is 0 Å². The van der Waals surface area contributed by atoms with E-state index in [1.165, 1.54) is 11.1 Å². The lowest BCUT2D eigenvalue weighted by atomic mass is 9.93. The lowest BCUT2D eigenvalue weighted by molar-refractivity contribution is 0.471. The fourth-order valence-corrected chi connectivity index (χ4v) is 2.61. The summed E-state index contributed by atoms with van der Waals surface area (Å²) in [7, 11) is 0. The SMILES string of the molecule is Cc1ccccc1[C@@H](NC(=S)Nc1ccccc1)C(C)C. The van der Waals surface area contributed by atoms with Gasteiger partial charge >= 0.3 is 0 Å². The molecule has 0 heterocycles. The standard InChI is InChI=1S/C18H22N2S/c1-13(2)17(16-12-8-7-9-14(16)3)20-18(21)19-15-10-5-4-6-11-15/h4-13,17H,1-3H3,(H2,19,20,21)/t17-/m0/s1. The number of para-hydroxylation sites is 1. The van der Waals surface area contributed by atoms with Gasteiger partial charge < -0.3 is 10.6 Å². The van der Waals surface area contributed by atoms with Gasteiger partial charge in [0.1, 0.15) is 0 Å². The number of benzene rings is 2. The zero-order chi connectivity index (χ0) is 15.2. The van der Waals surface area contributed by atoms with Crippen molar-refractivity contribution in [1.82, 2.24) is 5.32 Å². The highest BCUT2D eigenvalue weighted by molar-refractivity contribution is 7.80. The Labute approximate surface area is 132 Å². The molecule has 0 amide bonds. The van der Waals surface area contributed by atoms with E-state index in [1.54, 1.807) is 0 Å². The first kappa shape index (κ1) is 15.5. The van der Waals surface area contributed by atoms with Gasteiger partial charge in [-0.3, -0.25) is 0 Å². The van der Waals surface area contributed by atoms with Gasteiger partial charge in [-0.15, -0.1) is 0 Å². The van der Waals surface area contributed by atoms with Crippen LogP contribution in [0.2, 0.25) is 0 Å². The summed E-state index contributed by atoms with van der Waals surface area (Å²) in [4.78, 5) is 0. The van der Waals surface area contributed by atoms with Crippen LogP contribution < -0.4 is 10.6 Å². The Balaban J connectivity index is 2.10. The van der Waals surface area contributed by atoms with Gasteiger partial charge in [0, 0.05) is 5.69 Å². The molecule has 0 saturated heterocycles. The number of aryl methyl sites for hydroxylation is 1. The van der Waals surface area contributed by atoms with Gasteiger partial charge in [0.15, 0.2) is 5.11 Å². The van der Waals surface area contributed by atoms with Crippen LogP contribution in [-0.4, -0.2) is 5.11 Å².